The van der Waals surface area contributed by atoms with Crippen LogP contribution in [0.5, 0.6) is 5.75 Å². The molecule has 170 valence electrons. The van der Waals surface area contributed by atoms with E-state index in [1.54, 1.807) is 7.11 Å². The first kappa shape index (κ1) is 25.3. The Morgan fingerprint density at radius 1 is 1.19 bits per heavy atom. The molecule has 0 saturated carbocycles. The summed E-state index contributed by atoms with van der Waals surface area (Å²) in [6, 6.07) is 10.8. The Labute approximate surface area is 200 Å². The summed E-state index contributed by atoms with van der Waals surface area (Å²) in [5.41, 5.74) is 5.31. The molecule has 6 nitrogen and oxygen atoms in total. The zero-order valence-electron chi connectivity index (χ0n) is 19.4. The van der Waals surface area contributed by atoms with Crippen molar-refractivity contribution in [3.05, 3.63) is 40.4 Å². The topological polar surface area (TPSA) is 45.6 Å². The van der Waals surface area contributed by atoms with Crippen molar-refractivity contribution in [1.82, 2.24) is 14.5 Å². The fourth-order valence-electron chi connectivity index (χ4n) is 3.70. The number of aromatic nitrogens is 2. The van der Waals surface area contributed by atoms with E-state index in [1.807, 2.05) is 6.07 Å². The number of nitrogens with one attached hydrogen (secondary N) is 1. The monoisotopic (exact) mass is 509 g/mol. The van der Waals surface area contributed by atoms with Crippen LogP contribution >= 0.6 is 28.3 Å². The van der Waals surface area contributed by atoms with Gasteiger partial charge in [0, 0.05) is 30.7 Å². The molecule has 0 aliphatic rings. The minimum Gasteiger partial charge on any atom is -0.495 e. The van der Waals surface area contributed by atoms with E-state index >= 15 is 0 Å². The second-order valence-electron chi connectivity index (χ2n) is 8.15. The molecular weight excluding hydrogens is 478 g/mol. The number of nitrogens with zero attached hydrogens (tertiary/aromatic N) is 4. The number of imidazole rings is 1. The average Bonchev–Trinajstić information content (AvgIpc) is 2.99. The Balaban J connectivity index is 0.00000341. The molecule has 31 heavy (non-hydrogen) atoms. The molecule has 0 amide bonds. The highest BCUT2D eigenvalue weighted by atomic mass is 79.9. The maximum absolute atomic E-state index is 5.60. The molecule has 0 radical (unpaired) electrons. The van der Waals surface area contributed by atoms with Gasteiger partial charge in [-0.15, -0.1) is 12.4 Å². The number of halogens is 2. The number of hydrogen-bond donors (Lipinski definition) is 1. The van der Waals surface area contributed by atoms with Gasteiger partial charge in [0.25, 0.3) is 0 Å². The smallest absolute Gasteiger partial charge is 0.208 e. The van der Waals surface area contributed by atoms with Gasteiger partial charge in [-0.2, -0.15) is 0 Å². The second kappa shape index (κ2) is 10.6. The minimum atomic E-state index is 0. The molecule has 8 heteroatoms. The third kappa shape index (κ3) is 5.45. The lowest BCUT2D eigenvalue weighted by atomic mass is 10.2. The summed E-state index contributed by atoms with van der Waals surface area (Å²) in [4.78, 5) is 9.55. The van der Waals surface area contributed by atoms with Crippen LogP contribution in [0.15, 0.2) is 34.8 Å². The Bertz CT molecular complexity index is 1030. The van der Waals surface area contributed by atoms with Crippen LogP contribution in [-0.2, 0) is 7.05 Å². The van der Waals surface area contributed by atoms with Gasteiger partial charge in [-0.05, 0) is 64.7 Å². The van der Waals surface area contributed by atoms with E-state index in [-0.39, 0.29) is 12.4 Å². The normalized spacial score (nSPS) is 11.2. The summed E-state index contributed by atoms with van der Waals surface area (Å²) in [5.74, 6) is 1.57. The van der Waals surface area contributed by atoms with Crippen LogP contribution in [-0.4, -0.2) is 54.8 Å². The number of likely N-dealkylation sites (N-methyl/N-ethyl adjacent to an activating group) is 1. The number of anilines is 3. The van der Waals surface area contributed by atoms with E-state index in [0.29, 0.717) is 6.04 Å². The molecule has 3 aromatic rings. The van der Waals surface area contributed by atoms with Gasteiger partial charge in [0.15, 0.2) is 0 Å². The number of fused-ring (bicyclic) bond motifs is 1. The van der Waals surface area contributed by atoms with Crippen molar-refractivity contribution in [2.75, 3.05) is 44.5 Å². The molecule has 2 aromatic carbocycles. The van der Waals surface area contributed by atoms with E-state index in [4.69, 9.17) is 9.72 Å². The van der Waals surface area contributed by atoms with Crippen molar-refractivity contribution in [1.29, 1.82) is 0 Å². The third-order valence-electron chi connectivity index (χ3n) is 5.31. The first-order valence-corrected chi connectivity index (χ1v) is 11.0. The lowest BCUT2D eigenvalue weighted by Gasteiger charge is -2.31. The molecule has 3 rings (SSSR count). The van der Waals surface area contributed by atoms with Crippen LogP contribution in [0.1, 0.15) is 19.4 Å². The van der Waals surface area contributed by atoms with Gasteiger partial charge in [0.1, 0.15) is 5.75 Å². The Morgan fingerprint density at radius 3 is 2.52 bits per heavy atom. The molecule has 1 heterocycles. The van der Waals surface area contributed by atoms with Crippen molar-refractivity contribution in [2.24, 2.45) is 7.05 Å². The molecule has 0 aliphatic carbocycles. The number of rotatable bonds is 8. The van der Waals surface area contributed by atoms with E-state index in [0.717, 1.165) is 51.5 Å². The molecule has 1 N–H and O–H groups in total. The second-order valence-corrected chi connectivity index (χ2v) is 9.07. The molecule has 0 spiro atoms. The van der Waals surface area contributed by atoms with E-state index in [9.17, 15) is 0 Å². The van der Waals surface area contributed by atoms with Gasteiger partial charge in [-0.3, -0.25) is 0 Å². The Hall–Kier alpha value is -1.96. The van der Waals surface area contributed by atoms with Gasteiger partial charge in [-0.1, -0.05) is 22.0 Å². The van der Waals surface area contributed by atoms with Crippen LogP contribution in [0.25, 0.3) is 11.0 Å². The average molecular weight is 511 g/mol. The third-order valence-corrected chi connectivity index (χ3v) is 5.77. The number of benzene rings is 2. The predicted molar refractivity (Wildman–Crippen MR) is 138 cm³/mol. The fourth-order valence-corrected chi connectivity index (χ4v) is 4.25. The maximum Gasteiger partial charge on any atom is 0.208 e. The molecule has 0 saturated heterocycles. The van der Waals surface area contributed by atoms with Crippen molar-refractivity contribution < 1.29 is 4.74 Å². The summed E-state index contributed by atoms with van der Waals surface area (Å²) in [6.45, 7) is 8.48. The van der Waals surface area contributed by atoms with Crippen LogP contribution < -0.4 is 15.0 Å². The lowest BCUT2D eigenvalue weighted by Crippen LogP contribution is -2.37. The van der Waals surface area contributed by atoms with Gasteiger partial charge in [-0.25, -0.2) is 4.98 Å². The standard InChI is InChI=1S/C23H32BrN5O.ClH/c1-15(2)29(12-11-27(4)5)19-10-8-9-18-22(19)28(6)23(25-18)26-21-16(3)13-17(24)14-20(21)30-7;/h8-10,13-15H,11-12H2,1-7H3,(H,25,26);1H. The fraction of sp³-hybridized carbons (Fsp3) is 0.435. The first-order valence-electron chi connectivity index (χ1n) is 10.2. The van der Waals surface area contributed by atoms with Crippen molar-refractivity contribution in [3.8, 4) is 5.75 Å². The number of ether oxygens (including phenoxy) is 1. The highest BCUT2D eigenvalue weighted by Gasteiger charge is 2.19. The minimum absolute atomic E-state index is 0. The number of para-hydroxylation sites is 1. The van der Waals surface area contributed by atoms with Gasteiger partial charge in [0.05, 0.1) is 29.5 Å². The molecule has 0 fully saturated rings. The number of aryl methyl sites for hydroxylation is 2. The number of hydrogen-bond acceptors (Lipinski definition) is 5. The largest absolute Gasteiger partial charge is 0.495 e. The predicted octanol–water partition coefficient (Wildman–Crippen LogP) is 5.59. The Morgan fingerprint density at radius 2 is 1.90 bits per heavy atom. The summed E-state index contributed by atoms with van der Waals surface area (Å²) in [6.07, 6.45) is 0. The molecule has 1 aromatic heterocycles. The highest BCUT2D eigenvalue weighted by Crippen LogP contribution is 2.36. The molecule has 0 atom stereocenters. The van der Waals surface area contributed by atoms with Gasteiger partial charge in [0.2, 0.25) is 5.95 Å². The van der Waals surface area contributed by atoms with Crippen molar-refractivity contribution >= 4 is 56.7 Å². The van der Waals surface area contributed by atoms with Crippen LogP contribution in [0.3, 0.4) is 0 Å². The van der Waals surface area contributed by atoms with Crippen molar-refractivity contribution in [2.45, 2.75) is 26.8 Å². The molecule has 0 bridgehead atoms. The molecule has 0 unspecified atom stereocenters. The van der Waals surface area contributed by atoms with Gasteiger partial charge >= 0.3 is 0 Å². The number of methoxy groups -OCH3 is 1. The first-order chi connectivity index (χ1) is 14.2. The summed E-state index contributed by atoms with van der Waals surface area (Å²) < 4.78 is 8.72. The summed E-state index contributed by atoms with van der Waals surface area (Å²) in [5, 5.41) is 3.50. The highest BCUT2D eigenvalue weighted by molar-refractivity contribution is 9.10. The maximum atomic E-state index is 5.60. The van der Waals surface area contributed by atoms with Crippen molar-refractivity contribution in [3.63, 3.8) is 0 Å². The summed E-state index contributed by atoms with van der Waals surface area (Å²) in [7, 11) is 7.97. The molecule has 0 aliphatic heterocycles. The van der Waals surface area contributed by atoms with Gasteiger partial charge < -0.3 is 24.4 Å². The van der Waals surface area contributed by atoms with Crippen LogP contribution in [0.2, 0.25) is 0 Å². The van der Waals surface area contributed by atoms with Crippen LogP contribution in [0.4, 0.5) is 17.3 Å². The van der Waals surface area contributed by atoms with E-state index in [1.165, 1.54) is 5.69 Å². The SMILES string of the molecule is COc1cc(Br)cc(C)c1Nc1nc2cccc(N(CCN(C)C)C(C)C)c2n1C.Cl. The molecular formula is C23H33BrClN5O. The lowest BCUT2D eigenvalue weighted by molar-refractivity contribution is 0.408. The quantitative estimate of drug-likeness (QED) is 0.428. The summed E-state index contributed by atoms with van der Waals surface area (Å²) >= 11 is 3.54. The van der Waals surface area contributed by atoms with Crippen LogP contribution in [0, 0.1) is 6.92 Å². The zero-order valence-corrected chi connectivity index (χ0v) is 21.8. The Kier molecular flexibility index (Phi) is 8.63. The zero-order chi connectivity index (χ0) is 22.0. The van der Waals surface area contributed by atoms with E-state index < -0.39 is 0 Å². The van der Waals surface area contributed by atoms with E-state index in [2.05, 4.69) is 102 Å².